The van der Waals surface area contributed by atoms with Crippen molar-refractivity contribution < 1.29 is 26.4 Å². The predicted octanol–water partition coefficient (Wildman–Crippen LogP) is 3.77. The first-order chi connectivity index (χ1) is 16.0. The van der Waals surface area contributed by atoms with Crippen LogP contribution in [0, 0.1) is 23.4 Å². The van der Waals surface area contributed by atoms with E-state index >= 15 is 4.39 Å². The summed E-state index contributed by atoms with van der Waals surface area (Å²) in [7, 11) is -0.331. The lowest BCUT2D eigenvalue weighted by Crippen LogP contribution is -2.71. The Kier molecular flexibility index (Phi) is 6.65. The number of carbonyl (C=O) groups is 1. The van der Waals surface area contributed by atoms with Crippen molar-refractivity contribution in [3.05, 3.63) is 59.4 Å². The fourth-order valence-corrected chi connectivity index (χ4v) is 5.95. The fraction of sp³-hybridized carbons (Fsp3) is 0.458. The summed E-state index contributed by atoms with van der Waals surface area (Å²) in [6, 6.07) is 5.93. The van der Waals surface area contributed by atoms with Gasteiger partial charge in [-0.3, -0.25) is 0 Å². The fourth-order valence-electron chi connectivity index (χ4n) is 5.02. The van der Waals surface area contributed by atoms with Crippen molar-refractivity contribution >= 4 is 16.1 Å². The van der Waals surface area contributed by atoms with Gasteiger partial charge >= 0.3 is 6.03 Å². The van der Waals surface area contributed by atoms with Gasteiger partial charge in [0, 0.05) is 37.8 Å². The van der Waals surface area contributed by atoms with E-state index in [1.807, 2.05) is 0 Å². The maximum Gasteiger partial charge on any atom is 0.320 e. The number of fused-ring (bicyclic) bond motifs is 2. The summed E-state index contributed by atoms with van der Waals surface area (Å²) in [6.45, 7) is 1.54. The van der Waals surface area contributed by atoms with Crippen LogP contribution in [0.1, 0.15) is 25.3 Å². The first kappa shape index (κ1) is 24.5. The summed E-state index contributed by atoms with van der Waals surface area (Å²) in [5.74, 6) is -2.34. The molecule has 0 radical (unpaired) electrons. The Morgan fingerprint density at radius 1 is 1.12 bits per heavy atom. The number of sulfonamides is 1. The SMILES string of the molecule is CCS(=O)(=O)NC1C2CC(C2)N(C(=O)N(C)C)C1Cc1cccc(-c2cc(F)cc(F)c2)c1F. The van der Waals surface area contributed by atoms with Crippen LogP contribution in [-0.4, -0.2) is 62.2 Å². The zero-order chi connectivity index (χ0) is 24.8. The molecule has 5 rings (SSSR count). The molecule has 1 N–H and O–H groups in total. The van der Waals surface area contributed by atoms with Crippen molar-refractivity contribution in [1.82, 2.24) is 14.5 Å². The quantitative estimate of drug-likeness (QED) is 0.664. The van der Waals surface area contributed by atoms with Gasteiger partial charge in [0.05, 0.1) is 11.8 Å². The zero-order valence-electron chi connectivity index (χ0n) is 19.3. The Morgan fingerprint density at radius 2 is 1.76 bits per heavy atom. The molecule has 10 heteroatoms. The second-order valence-corrected chi connectivity index (χ2v) is 11.3. The number of amides is 2. The number of piperidine rings is 2. The van der Waals surface area contributed by atoms with Crippen molar-refractivity contribution in [2.24, 2.45) is 5.92 Å². The number of urea groups is 1. The maximum atomic E-state index is 15.6. The van der Waals surface area contributed by atoms with Gasteiger partial charge in [0.25, 0.3) is 0 Å². The number of benzene rings is 2. The van der Waals surface area contributed by atoms with Gasteiger partial charge < -0.3 is 9.80 Å². The third kappa shape index (κ3) is 4.65. The Labute approximate surface area is 197 Å². The number of carbonyl (C=O) groups excluding carboxylic acids is 1. The van der Waals surface area contributed by atoms with Gasteiger partial charge in [0.2, 0.25) is 10.0 Å². The van der Waals surface area contributed by atoms with E-state index in [1.165, 1.54) is 17.9 Å². The number of nitrogens with one attached hydrogen (secondary N) is 1. The van der Waals surface area contributed by atoms with Gasteiger partial charge in [0.1, 0.15) is 17.5 Å². The number of halogens is 3. The molecule has 2 heterocycles. The Morgan fingerprint density at radius 3 is 2.35 bits per heavy atom. The average molecular weight is 496 g/mol. The monoisotopic (exact) mass is 495 g/mol. The van der Waals surface area contributed by atoms with Gasteiger partial charge in [-0.25, -0.2) is 31.1 Å². The molecule has 2 amide bonds. The van der Waals surface area contributed by atoms with E-state index in [1.54, 1.807) is 31.1 Å². The van der Waals surface area contributed by atoms with Gasteiger partial charge in [0.15, 0.2) is 0 Å². The molecule has 2 saturated heterocycles. The van der Waals surface area contributed by atoms with Crippen LogP contribution < -0.4 is 4.72 Å². The molecular weight excluding hydrogens is 467 g/mol. The highest BCUT2D eigenvalue weighted by Crippen LogP contribution is 2.45. The third-order valence-electron chi connectivity index (χ3n) is 6.80. The van der Waals surface area contributed by atoms with Crippen LogP contribution in [0.15, 0.2) is 36.4 Å². The largest absolute Gasteiger partial charge is 0.331 e. The minimum atomic E-state index is -3.57. The molecule has 34 heavy (non-hydrogen) atoms. The Bertz CT molecular complexity index is 1180. The van der Waals surface area contributed by atoms with Crippen LogP contribution in [0.2, 0.25) is 0 Å². The highest BCUT2D eigenvalue weighted by molar-refractivity contribution is 7.89. The average Bonchev–Trinajstić information content (AvgIpc) is 2.73. The smallest absolute Gasteiger partial charge is 0.320 e. The normalized spacial score (nSPS) is 24.0. The first-order valence-electron chi connectivity index (χ1n) is 11.2. The molecule has 2 atom stereocenters. The lowest BCUT2D eigenvalue weighted by Gasteiger charge is -2.58. The van der Waals surface area contributed by atoms with E-state index < -0.39 is 39.6 Å². The number of rotatable bonds is 6. The van der Waals surface area contributed by atoms with Crippen LogP contribution >= 0.6 is 0 Å². The lowest BCUT2D eigenvalue weighted by atomic mass is 9.67. The van der Waals surface area contributed by atoms with Crippen LogP contribution in [0.5, 0.6) is 0 Å². The van der Waals surface area contributed by atoms with Crippen molar-refractivity contribution in [3.8, 4) is 11.1 Å². The number of nitrogens with zero attached hydrogens (tertiary/aromatic N) is 2. The third-order valence-corrected chi connectivity index (χ3v) is 8.19. The molecule has 2 unspecified atom stereocenters. The molecule has 3 fully saturated rings. The molecule has 0 aromatic heterocycles. The van der Waals surface area contributed by atoms with Gasteiger partial charge in [-0.1, -0.05) is 18.2 Å². The highest BCUT2D eigenvalue weighted by Gasteiger charge is 2.53. The van der Waals surface area contributed by atoms with Crippen LogP contribution in [0.3, 0.4) is 0 Å². The summed E-state index contributed by atoms with van der Waals surface area (Å²) in [6.07, 6.45) is 1.41. The molecular formula is C24H28F3N3O3S. The Hall–Kier alpha value is -2.59. The minimum absolute atomic E-state index is 0.0352. The van der Waals surface area contributed by atoms with E-state index in [9.17, 15) is 22.0 Å². The maximum absolute atomic E-state index is 15.6. The molecule has 2 aliphatic heterocycles. The molecule has 184 valence electrons. The molecule has 2 aromatic carbocycles. The zero-order valence-corrected chi connectivity index (χ0v) is 20.1. The molecule has 1 saturated carbocycles. The minimum Gasteiger partial charge on any atom is -0.331 e. The van der Waals surface area contributed by atoms with Crippen molar-refractivity contribution in [3.63, 3.8) is 0 Å². The van der Waals surface area contributed by atoms with E-state index in [4.69, 9.17) is 0 Å². The molecule has 6 nitrogen and oxygen atoms in total. The summed E-state index contributed by atoms with van der Waals surface area (Å²) >= 11 is 0. The molecule has 2 aromatic rings. The van der Waals surface area contributed by atoms with E-state index in [-0.39, 0.29) is 46.9 Å². The van der Waals surface area contributed by atoms with Crippen molar-refractivity contribution in [2.75, 3.05) is 19.8 Å². The number of hydrogen-bond donors (Lipinski definition) is 1. The van der Waals surface area contributed by atoms with Crippen LogP contribution in [-0.2, 0) is 16.4 Å². The first-order valence-corrected chi connectivity index (χ1v) is 12.9. The lowest BCUT2D eigenvalue weighted by molar-refractivity contribution is -0.0308. The standard InChI is InChI=1S/C24H28F3N3O3S/c1-4-34(32,33)28-23-16-10-19(11-16)30(24(31)29(2)3)21(23)12-14-6-5-7-20(22(14)27)15-8-17(25)13-18(26)9-15/h5-9,13,16,19,21,23,28H,4,10-12H2,1-3H3. The predicted molar refractivity (Wildman–Crippen MR) is 123 cm³/mol. The van der Waals surface area contributed by atoms with Crippen molar-refractivity contribution in [1.29, 1.82) is 0 Å². The summed E-state index contributed by atoms with van der Waals surface area (Å²) in [5.41, 5.74) is 0.339. The molecule has 0 spiro atoms. The summed E-state index contributed by atoms with van der Waals surface area (Å²) < 4.78 is 70.7. The summed E-state index contributed by atoms with van der Waals surface area (Å²) in [5, 5.41) is 0. The van der Waals surface area contributed by atoms with E-state index in [0.29, 0.717) is 18.9 Å². The van der Waals surface area contributed by atoms with E-state index in [2.05, 4.69) is 4.72 Å². The second-order valence-electron chi connectivity index (χ2n) is 9.22. The number of hydrogen-bond acceptors (Lipinski definition) is 3. The molecule has 2 bridgehead atoms. The summed E-state index contributed by atoms with van der Waals surface area (Å²) in [4.78, 5) is 16.2. The highest BCUT2D eigenvalue weighted by atomic mass is 32.2. The molecule has 1 aliphatic carbocycles. The second kappa shape index (κ2) is 9.22. The van der Waals surface area contributed by atoms with Gasteiger partial charge in [-0.05, 0) is 55.4 Å². The topological polar surface area (TPSA) is 69.7 Å². The van der Waals surface area contributed by atoms with Gasteiger partial charge in [-0.2, -0.15) is 0 Å². The van der Waals surface area contributed by atoms with Crippen LogP contribution in [0.4, 0.5) is 18.0 Å². The van der Waals surface area contributed by atoms with Gasteiger partial charge in [-0.15, -0.1) is 0 Å². The van der Waals surface area contributed by atoms with Crippen molar-refractivity contribution in [2.45, 2.75) is 44.3 Å². The molecule has 3 aliphatic rings. The Balaban J connectivity index is 1.73. The van der Waals surface area contributed by atoms with E-state index in [0.717, 1.165) is 12.1 Å². The van der Waals surface area contributed by atoms with Crippen LogP contribution in [0.25, 0.3) is 11.1 Å².